The minimum atomic E-state index is -3.92. The smallest absolute Gasteiger partial charge is 0.261 e. The summed E-state index contributed by atoms with van der Waals surface area (Å²) >= 11 is 0. The van der Waals surface area contributed by atoms with Gasteiger partial charge < -0.3 is 4.74 Å². The summed E-state index contributed by atoms with van der Waals surface area (Å²) in [6.45, 7) is 3.56. The van der Waals surface area contributed by atoms with Gasteiger partial charge in [0.1, 0.15) is 11.8 Å². The van der Waals surface area contributed by atoms with Gasteiger partial charge in [-0.25, -0.2) is 13.9 Å². The van der Waals surface area contributed by atoms with Crippen LogP contribution >= 0.6 is 0 Å². The second-order valence-corrected chi connectivity index (χ2v) is 7.93. The Balaban J connectivity index is 2.24. The van der Waals surface area contributed by atoms with Gasteiger partial charge in [0.25, 0.3) is 5.91 Å². The molecule has 0 fully saturated rings. The van der Waals surface area contributed by atoms with E-state index in [1.165, 1.54) is 17.6 Å². The van der Waals surface area contributed by atoms with Crippen LogP contribution in [0.25, 0.3) is 11.1 Å². The number of carbonyl (C=O) groups is 1. The molecular weight excluding hydrogens is 368 g/mol. The molecule has 0 aromatic heterocycles. The molecule has 2 aromatic rings. The van der Waals surface area contributed by atoms with Gasteiger partial charge in [0.05, 0.1) is 12.0 Å². The van der Waals surface area contributed by atoms with Crippen molar-refractivity contribution in [1.82, 2.24) is 10.2 Å². The van der Waals surface area contributed by atoms with Crippen LogP contribution in [0, 0.1) is 5.92 Å². The lowest BCUT2D eigenvalue weighted by molar-refractivity contribution is -0.132. The van der Waals surface area contributed by atoms with E-state index in [-0.39, 0.29) is 10.8 Å². The molecule has 27 heavy (non-hydrogen) atoms. The van der Waals surface area contributed by atoms with Crippen LogP contribution in [-0.4, -0.2) is 32.7 Å². The Labute approximate surface area is 159 Å². The van der Waals surface area contributed by atoms with Gasteiger partial charge in [0.2, 0.25) is 10.0 Å². The molecule has 0 spiro atoms. The molecule has 0 bridgehead atoms. The van der Waals surface area contributed by atoms with Gasteiger partial charge >= 0.3 is 0 Å². The van der Waals surface area contributed by atoms with Crippen LogP contribution < -0.4 is 14.9 Å². The topological polar surface area (TPSA) is 105 Å². The second kappa shape index (κ2) is 8.98. The molecule has 0 aliphatic heterocycles. The Morgan fingerprint density at radius 1 is 1.07 bits per heavy atom. The van der Waals surface area contributed by atoms with Crippen LogP contribution in [0.15, 0.2) is 53.4 Å². The van der Waals surface area contributed by atoms with Crippen molar-refractivity contribution in [2.45, 2.75) is 31.2 Å². The lowest BCUT2D eigenvalue weighted by atomic mass is 10.00. The van der Waals surface area contributed by atoms with E-state index in [0.717, 1.165) is 16.9 Å². The van der Waals surface area contributed by atoms with E-state index in [2.05, 4.69) is 4.72 Å². The third kappa shape index (κ3) is 5.06. The van der Waals surface area contributed by atoms with Gasteiger partial charge in [-0.15, -0.1) is 0 Å². The monoisotopic (exact) mass is 392 g/mol. The van der Waals surface area contributed by atoms with E-state index in [1.807, 2.05) is 31.2 Å². The van der Waals surface area contributed by atoms with Crippen molar-refractivity contribution >= 4 is 15.9 Å². The van der Waals surface area contributed by atoms with Crippen molar-refractivity contribution in [2.75, 3.05) is 7.11 Å². The Hall–Kier alpha value is -2.42. The number of sulfonamides is 1. The fourth-order valence-electron chi connectivity index (χ4n) is 2.58. The predicted octanol–water partition coefficient (Wildman–Crippen LogP) is 2.56. The molecule has 3 N–H and O–H groups in total. The molecule has 8 heteroatoms. The first kappa shape index (κ1) is 20.9. The number of hydroxylamine groups is 1. The van der Waals surface area contributed by atoms with Gasteiger partial charge in [-0.3, -0.25) is 10.0 Å². The van der Waals surface area contributed by atoms with Crippen molar-refractivity contribution in [3.8, 4) is 16.9 Å². The highest BCUT2D eigenvalue weighted by atomic mass is 32.2. The molecule has 0 unspecified atom stereocenters. The summed E-state index contributed by atoms with van der Waals surface area (Å²) in [4.78, 5) is 11.9. The predicted molar refractivity (Wildman–Crippen MR) is 102 cm³/mol. The third-order valence-corrected chi connectivity index (χ3v) is 5.93. The SMILES string of the molecule is CC[C@H](C)[C@H](NS(=O)(=O)c1ccc(-c2ccc(OC)cc2)cc1)C(=O)NO. The summed E-state index contributed by atoms with van der Waals surface area (Å²) in [5.41, 5.74) is 3.29. The molecule has 0 heterocycles. The van der Waals surface area contributed by atoms with E-state index in [9.17, 15) is 13.2 Å². The van der Waals surface area contributed by atoms with Crippen molar-refractivity contribution in [2.24, 2.45) is 5.92 Å². The van der Waals surface area contributed by atoms with E-state index in [4.69, 9.17) is 9.94 Å². The van der Waals surface area contributed by atoms with Gasteiger partial charge in [-0.2, -0.15) is 4.72 Å². The zero-order valence-electron chi connectivity index (χ0n) is 15.5. The number of hydrogen-bond donors (Lipinski definition) is 3. The third-order valence-electron chi connectivity index (χ3n) is 4.48. The molecule has 1 amide bonds. The molecule has 7 nitrogen and oxygen atoms in total. The molecule has 0 saturated carbocycles. The molecule has 0 aliphatic rings. The summed E-state index contributed by atoms with van der Waals surface area (Å²) in [5.74, 6) is -0.339. The number of benzene rings is 2. The maximum absolute atomic E-state index is 12.6. The summed E-state index contributed by atoms with van der Waals surface area (Å²) in [6, 6.07) is 12.7. The first-order chi connectivity index (χ1) is 12.8. The molecule has 2 aromatic carbocycles. The van der Waals surface area contributed by atoms with Gasteiger partial charge in [-0.1, -0.05) is 44.5 Å². The van der Waals surface area contributed by atoms with Crippen molar-refractivity contribution < 1.29 is 23.2 Å². The molecule has 0 saturated heterocycles. The second-order valence-electron chi connectivity index (χ2n) is 6.21. The van der Waals surface area contributed by atoms with Gasteiger partial charge in [-0.05, 0) is 41.3 Å². The number of methoxy groups -OCH3 is 1. The highest BCUT2D eigenvalue weighted by molar-refractivity contribution is 7.89. The van der Waals surface area contributed by atoms with E-state index in [0.29, 0.717) is 6.42 Å². The molecule has 2 atom stereocenters. The Bertz CT molecular complexity index is 864. The summed E-state index contributed by atoms with van der Waals surface area (Å²) in [7, 11) is -2.33. The summed E-state index contributed by atoms with van der Waals surface area (Å²) in [5, 5.41) is 8.87. The highest BCUT2D eigenvalue weighted by Crippen LogP contribution is 2.24. The standard InChI is InChI=1S/C19H24N2O5S/c1-4-13(2)18(19(22)20-23)21-27(24,25)17-11-7-15(8-12-17)14-5-9-16(26-3)10-6-14/h5-13,18,21,23H,4H2,1-3H3,(H,20,22)/t13-,18-/m0/s1. The minimum absolute atomic E-state index is 0.0406. The molecule has 0 radical (unpaired) electrons. The number of ether oxygens (including phenoxy) is 1. The summed E-state index contributed by atoms with van der Waals surface area (Å²) < 4.78 is 32.7. The van der Waals surface area contributed by atoms with Crippen LogP contribution in [-0.2, 0) is 14.8 Å². The molecule has 0 aliphatic carbocycles. The number of amides is 1. The first-order valence-electron chi connectivity index (χ1n) is 8.53. The number of carbonyl (C=O) groups excluding carboxylic acids is 1. The zero-order valence-corrected chi connectivity index (χ0v) is 16.3. The number of hydrogen-bond acceptors (Lipinski definition) is 5. The Morgan fingerprint density at radius 2 is 1.59 bits per heavy atom. The maximum atomic E-state index is 12.6. The van der Waals surface area contributed by atoms with Gasteiger partial charge in [0, 0.05) is 0 Å². The zero-order chi connectivity index (χ0) is 20.0. The van der Waals surface area contributed by atoms with Crippen molar-refractivity contribution in [1.29, 1.82) is 0 Å². The van der Waals surface area contributed by atoms with E-state index in [1.54, 1.807) is 26.2 Å². The van der Waals surface area contributed by atoms with Gasteiger partial charge in [0.15, 0.2) is 0 Å². The summed E-state index contributed by atoms with van der Waals surface area (Å²) in [6.07, 6.45) is 0.566. The fourth-order valence-corrected chi connectivity index (χ4v) is 3.88. The molecule has 146 valence electrons. The van der Waals surface area contributed by atoms with Crippen molar-refractivity contribution in [3.63, 3.8) is 0 Å². The number of nitrogens with one attached hydrogen (secondary N) is 2. The molecule has 2 rings (SSSR count). The largest absolute Gasteiger partial charge is 0.497 e. The van der Waals surface area contributed by atoms with Crippen LogP contribution in [0.2, 0.25) is 0 Å². The molecular formula is C19H24N2O5S. The maximum Gasteiger partial charge on any atom is 0.261 e. The van der Waals surface area contributed by atoms with E-state index >= 15 is 0 Å². The van der Waals surface area contributed by atoms with Crippen LogP contribution in [0.1, 0.15) is 20.3 Å². The van der Waals surface area contributed by atoms with E-state index < -0.39 is 22.0 Å². The lowest BCUT2D eigenvalue weighted by Gasteiger charge is -2.22. The Kier molecular flexibility index (Phi) is 6.95. The van der Waals surface area contributed by atoms with Crippen LogP contribution in [0.3, 0.4) is 0 Å². The average Bonchev–Trinajstić information content (AvgIpc) is 2.71. The Morgan fingerprint density at radius 3 is 2.04 bits per heavy atom. The highest BCUT2D eigenvalue weighted by Gasteiger charge is 2.29. The normalized spacial score (nSPS) is 13.6. The average molecular weight is 392 g/mol. The van der Waals surface area contributed by atoms with Crippen LogP contribution in [0.4, 0.5) is 0 Å². The fraction of sp³-hybridized carbons (Fsp3) is 0.316. The quantitative estimate of drug-likeness (QED) is 0.473. The minimum Gasteiger partial charge on any atom is -0.497 e. The van der Waals surface area contributed by atoms with Crippen molar-refractivity contribution in [3.05, 3.63) is 48.5 Å². The van der Waals surface area contributed by atoms with Crippen LogP contribution in [0.5, 0.6) is 5.75 Å². The first-order valence-corrected chi connectivity index (χ1v) is 10.0. The number of rotatable bonds is 8. The lowest BCUT2D eigenvalue weighted by Crippen LogP contribution is -2.49.